The largest absolute Gasteiger partial charge is 0.508 e. The fourth-order valence-corrected chi connectivity index (χ4v) is 2.55. The molecular formula is C16H18ClNO. The fourth-order valence-electron chi connectivity index (χ4n) is 2.55. The van der Waals surface area contributed by atoms with Crippen molar-refractivity contribution < 1.29 is 5.11 Å². The lowest BCUT2D eigenvalue weighted by molar-refractivity contribution is 0.245. The summed E-state index contributed by atoms with van der Waals surface area (Å²) in [6, 6.07) is 16.2. The second-order valence-corrected chi connectivity index (χ2v) is 4.90. The summed E-state index contributed by atoms with van der Waals surface area (Å²) in [7, 11) is 0. The molecule has 0 radical (unpaired) electrons. The number of aromatic hydroxyl groups is 1. The summed E-state index contributed by atoms with van der Waals surface area (Å²) >= 11 is 0. The van der Waals surface area contributed by atoms with Gasteiger partial charge >= 0.3 is 0 Å². The SMILES string of the molecule is Cl.Oc1ccc(CN2CCc3ccccc3C2)cc1. The topological polar surface area (TPSA) is 23.5 Å². The normalized spacial score (nSPS) is 14.5. The highest BCUT2D eigenvalue weighted by molar-refractivity contribution is 5.85. The molecule has 1 N–H and O–H groups in total. The molecule has 0 aliphatic carbocycles. The number of benzene rings is 2. The monoisotopic (exact) mass is 275 g/mol. The third-order valence-corrected chi connectivity index (χ3v) is 3.55. The number of fused-ring (bicyclic) bond motifs is 1. The van der Waals surface area contributed by atoms with E-state index in [0.29, 0.717) is 5.75 Å². The zero-order chi connectivity index (χ0) is 12.4. The zero-order valence-corrected chi connectivity index (χ0v) is 11.6. The van der Waals surface area contributed by atoms with Gasteiger partial charge in [-0.25, -0.2) is 0 Å². The number of hydrogen-bond acceptors (Lipinski definition) is 2. The second-order valence-electron chi connectivity index (χ2n) is 4.90. The van der Waals surface area contributed by atoms with Gasteiger partial charge in [0.05, 0.1) is 0 Å². The number of halogens is 1. The summed E-state index contributed by atoms with van der Waals surface area (Å²) in [5.74, 6) is 0.336. The molecule has 19 heavy (non-hydrogen) atoms. The Labute approximate surface area is 120 Å². The Kier molecular flexibility index (Phi) is 4.46. The molecule has 0 spiro atoms. The van der Waals surface area contributed by atoms with Crippen LogP contribution in [-0.4, -0.2) is 16.6 Å². The zero-order valence-electron chi connectivity index (χ0n) is 10.7. The van der Waals surface area contributed by atoms with E-state index in [9.17, 15) is 5.11 Å². The standard InChI is InChI=1S/C16H17NO.ClH/c18-16-7-5-13(6-8-16)11-17-10-9-14-3-1-2-4-15(14)12-17;/h1-8,18H,9-12H2;1H. The van der Waals surface area contributed by atoms with Crippen molar-refractivity contribution in [1.29, 1.82) is 0 Å². The third-order valence-electron chi connectivity index (χ3n) is 3.55. The predicted octanol–water partition coefficient (Wildman–Crippen LogP) is 3.37. The van der Waals surface area contributed by atoms with Gasteiger partial charge < -0.3 is 5.11 Å². The van der Waals surface area contributed by atoms with Gasteiger partial charge in [-0.2, -0.15) is 0 Å². The molecule has 0 atom stereocenters. The summed E-state index contributed by atoms with van der Waals surface area (Å²) in [6.07, 6.45) is 1.13. The Morgan fingerprint density at radius 3 is 2.37 bits per heavy atom. The third kappa shape index (κ3) is 3.28. The molecule has 3 heteroatoms. The molecule has 0 amide bonds. The van der Waals surface area contributed by atoms with Gasteiger partial charge in [-0.05, 0) is 35.2 Å². The highest BCUT2D eigenvalue weighted by atomic mass is 35.5. The maximum atomic E-state index is 9.28. The molecule has 0 aromatic heterocycles. The Morgan fingerprint density at radius 1 is 0.947 bits per heavy atom. The molecule has 1 heterocycles. The van der Waals surface area contributed by atoms with Crippen LogP contribution >= 0.6 is 12.4 Å². The smallest absolute Gasteiger partial charge is 0.115 e. The molecule has 2 nitrogen and oxygen atoms in total. The van der Waals surface area contributed by atoms with Crippen LogP contribution in [0.25, 0.3) is 0 Å². The van der Waals surface area contributed by atoms with Gasteiger partial charge in [-0.1, -0.05) is 36.4 Å². The molecule has 0 saturated carbocycles. The van der Waals surface area contributed by atoms with Crippen LogP contribution < -0.4 is 0 Å². The van der Waals surface area contributed by atoms with Gasteiger partial charge in [0.15, 0.2) is 0 Å². The molecule has 2 aromatic carbocycles. The number of phenolic OH excluding ortho intramolecular Hbond substituents is 1. The Bertz CT molecular complexity index is 539. The molecule has 1 aliphatic rings. The van der Waals surface area contributed by atoms with Crippen molar-refractivity contribution in [2.24, 2.45) is 0 Å². The molecule has 0 saturated heterocycles. The van der Waals surface area contributed by atoms with Gasteiger partial charge in [0, 0.05) is 19.6 Å². The van der Waals surface area contributed by atoms with E-state index in [4.69, 9.17) is 0 Å². The van der Waals surface area contributed by atoms with E-state index in [0.717, 1.165) is 26.1 Å². The summed E-state index contributed by atoms with van der Waals surface area (Å²) in [4.78, 5) is 2.45. The highest BCUT2D eigenvalue weighted by Crippen LogP contribution is 2.20. The molecule has 2 aromatic rings. The first-order valence-corrected chi connectivity index (χ1v) is 6.38. The number of rotatable bonds is 2. The van der Waals surface area contributed by atoms with E-state index in [1.807, 2.05) is 12.1 Å². The van der Waals surface area contributed by atoms with Crippen molar-refractivity contribution in [3.05, 3.63) is 65.2 Å². The van der Waals surface area contributed by atoms with Crippen molar-refractivity contribution in [2.75, 3.05) is 6.54 Å². The summed E-state index contributed by atoms with van der Waals surface area (Å²) in [5.41, 5.74) is 4.19. The van der Waals surface area contributed by atoms with Crippen molar-refractivity contribution >= 4 is 12.4 Å². The number of hydrogen-bond donors (Lipinski definition) is 1. The molecule has 100 valence electrons. The van der Waals surface area contributed by atoms with Gasteiger partial charge in [-0.15, -0.1) is 12.4 Å². The average Bonchev–Trinajstić information content (AvgIpc) is 2.41. The molecule has 0 unspecified atom stereocenters. The van der Waals surface area contributed by atoms with Crippen LogP contribution in [0.2, 0.25) is 0 Å². The Morgan fingerprint density at radius 2 is 1.63 bits per heavy atom. The minimum absolute atomic E-state index is 0. The lowest BCUT2D eigenvalue weighted by atomic mass is 9.99. The second kappa shape index (κ2) is 6.09. The van der Waals surface area contributed by atoms with Crippen LogP contribution in [0.1, 0.15) is 16.7 Å². The van der Waals surface area contributed by atoms with Crippen molar-refractivity contribution in [3.8, 4) is 5.75 Å². The Hall–Kier alpha value is -1.51. The van der Waals surface area contributed by atoms with E-state index >= 15 is 0 Å². The van der Waals surface area contributed by atoms with Crippen LogP contribution in [0.4, 0.5) is 0 Å². The Balaban J connectivity index is 0.00000133. The van der Waals surface area contributed by atoms with E-state index in [1.165, 1.54) is 16.7 Å². The van der Waals surface area contributed by atoms with Gasteiger partial charge in [0.25, 0.3) is 0 Å². The molecule has 3 rings (SSSR count). The molecule has 0 bridgehead atoms. The van der Waals surface area contributed by atoms with Crippen molar-refractivity contribution in [3.63, 3.8) is 0 Å². The van der Waals surface area contributed by atoms with Crippen LogP contribution in [0, 0.1) is 0 Å². The lowest BCUT2D eigenvalue weighted by Crippen LogP contribution is -2.29. The summed E-state index contributed by atoms with van der Waals surface area (Å²) in [5, 5.41) is 9.28. The fraction of sp³-hybridized carbons (Fsp3) is 0.250. The quantitative estimate of drug-likeness (QED) is 0.908. The van der Waals surface area contributed by atoms with Crippen LogP contribution in [-0.2, 0) is 19.5 Å². The van der Waals surface area contributed by atoms with Crippen LogP contribution in [0.15, 0.2) is 48.5 Å². The van der Waals surface area contributed by atoms with E-state index in [-0.39, 0.29) is 12.4 Å². The van der Waals surface area contributed by atoms with Gasteiger partial charge in [0.1, 0.15) is 5.75 Å². The van der Waals surface area contributed by atoms with Gasteiger partial charge in [-0.3, -0.25) is 4.90 Å². The maximum Gasteiger partial charge on any atom is 0.115 e. The summed E-state index contributed by atoms with van der Waals surface area (Å²) < 4.78 is 0. The molecule has 1 aliphatic heterocycles. The first-order chi connectivity index (χ1) is 8.81. The number of phenols is 1. The predicted molar refractivity (Wildman–Crippen MR) is 79.6 cm³/mol. The first-order valence-electron chi connectivity index (χ1n) is 6.38. The number of nitrogens with zero attached hydrogens (tertiary/aromatic N) is 1. The lowest BCUT2D eigenvalue weighted by Gasteiger charge is -2.28. The maximum absolute atomic E-state index is 9.28. The minimum atomic E-state index is 0. The molecule has 0 fully saturated rings. The van der Waals surface area contributed by atoms with Crippen LogP contribution in [0.5, 0.6) is 5.75 Å². The first kappa shape index (κ1) is 13.9. The van der Waals surface area contributed by atoms with Crippen molar-refractivity contribution in [2.45, 2.75) is 19.5 Å². The highest BCUT2D eigenvalue weighted by Gasteiger charge is 2.15. The van der Waals surface area contributed by atoms with Crippen molar-refractivity contribution in [1.82, 2.24) is 4.90 Å². The average molecular weight is 276 g/mol. The van der Waals surface area contributed by atoms with Crippen LogP contribution in [0.3, 0.4) is 0 Å². The van der Waals surface area contributed by atoms with E-state index < -0.39 is 0 Å². The minimum Gasteiger partial charge on any atom is -0.508 e. The molecular weight excluding hydrogens is 258 g/mol. The van der Waals surface area contributed by atoms with E-state index in [1.54, 1.807) is 12.1 Å². The summed E-state index contributed by atoms with van der Waals surface area (Å²) in [6.45, 7) is 3.09. The van der Waals surface area contributed by atoms with E-state index in [2.05, 4.69) is 29.2 Å². The van der Waals surface area contributed by atoms with Gasteiger partial charge in [0.2, 0.25) is 0 Å².